The number of benzene rings is 1. The van der Waals surface area contributed by atoms with Gasteiger partial charge in [-0.25, -0.2) is 9.59 Å². The number of carbonyl (C=O) groups excluding carboxylic acids is 1. The van der Waals surface area contributed by atoms with Crippen molar-refractivity contribution in [2.24, 2.45) is 5.92 Å². The lowest BCUT2D eigenvalue weighted by Gasteiger charge is -2.46. The largest absolute Gasteiger partial charge is 0.509 e. The van der Waals surface area contributed by atoms with E-state index in [9.17, 15) is 14.7 Å². The summed E-state index contributed by atoms with van der Waals surface area (Å²) >= 11 is 0. The SMILES string of the molecule is CCC1(C)OC(Oc2ccc3c(O)cc(=O)oc3c2C)C2OC(=O)OC2C1C. The van der Waals surface area contributed by atoms with Crippen molar-refractivity contribution in [2.75, 3.05) is 0 Å². The molecule has 1 aromatic carbocycles. The van der Waals surface area contributed by atoms with Crippen LogP contribution in [0.5, 0.6) is 11.5 Å². The van der Waals surface area contributed by atoms with Crippen LogP contribution in [0.25, 0.3) is 11.0 Å². The standard InChI is InChI=1S/C20H22O8/c1-5-20(4)10(3)16-17(27-19(23)26-16)18(28-20)24-13-7-6-11-12(21)8-14(22)25-15(11)9(13)2/h6-8,10,16-18,21H,5H2,1-4H3. The Labute approximate surface area is 160 Å². The molecule has 0 radical (unpaired) electrons. The molecule has 0 bridgehead atoms. The number of fused-ring (bicyclic) bond motifs is 2. The summed E-state index contributed by atoms with van der Waals surface area (Å²) in [7, 11) is 0. The second-order valence-corrected chi connectivity index (χ2v) is 7.49. The molecule has 0 aliphatic carbocycles. The van der Waals surface area contributed by atoms with E-state index in [1.165, 1.54) is 0 Å². The van der Waals surface area contributed by atoms with Crippen LogP contribution < -0.4 is 10.4 Å². The van der Waals surface area contributed by atoms with E-state index in [0.29, 0.717) is 23.1 Å². The van der Waals surface area contributed by atoms with Gasteiger partial charge >= 0.3 is 11.8 Å². The summed E-state index contributed by atoms with van der Waals surface area (Å²) in [6.45, 7) is 7.60. The van der Waals surface area contributed by atoms with Gasteiger partial charge in [-0.05, 0) is 32.4 Å². The molecule has 2 saturated heterocycles. The van der Waals surface area contributed by atoms with Gasteiger partial charge in [0.15, 0.2) is 6.10 Å². The lowest BCUT2D eigenvalue weighted by Crippen LogP contribution is -2.59. The first-order valence-electron chi connectivity index (χ1n) is 9.21. The van der Waals surface area contributed by atoms with Crippen LogP contribution in [0.3, 0.4) is 0 Å². The van der Waals surface area contributed by atoms with Crippen molar-refractivity contribution < 1.29 is 33.3 Å². The molecule has 28 heavy (non-hydrogen) atoms. The molecule has 2 fully saturated rings. The average molecular weight is 390 g/mol. The molecule has 0 spiro atoms. The first kappa shape index (κ1) is 18.6. The van der Waals surface area contributed by atoms with Crippen molar-refractivity contribution in [3.8, 4) is 11.5 Å². The molecule has 5 atom stereocenters. The first-order chi connectivity index (χ1) is 13.2. The van der Waals surface area contributed by atoms with Crippen molar-refractivity contribution >= 4 is 17.1 Å². The Morgan fingerprint density at radius 2 is 1.93 bits per heavy atom. The third-order valence-electron chi connectivity index (χ3n) is 5.93. The van der Waals surface area contributed by atoms with Gasteiger partial charge in [0, 0.05) is 11.5 Å². The highest BCUT2D eigenvalue weighted by Crippen LogP contribution is 2.43. The molecule has 3 heterocycles. The van der Waals surface area contributed by atoms with Crippen LogP contribution in [-0.4, -0.2) is 35.4 Å². The number of hydrogen-bond donors (Lipinski definition) is 1. The molecule has 8 heteroatoms. The number of aromatic hydroxyl groups is 1. The summed E-state index contributed by atoms with van der Waals surface area (Å²) < 4.78 is 28.2. The van der Waals surface area contributed by atoms with Gasteiger partial charge < -0.3 is 28.5 Å². The number of ether oxygens (including phenoxy) is 4. The minimum atomic E-state index is -0.891. The van der Waals surface area contributed by atoms with E-state index in [-0.39, 0.29) is 17.3 Å². The van der Waals surface area contributed by atoms with Crippen LogP contribution in [0.1, 0.15) is 32.8 Å². The maximum Gasteiger partial charge on any atom is 0.509 e. The van der Waals surface area contributed by atoms with Gasteiger partial charge in [0.05, 0.1) is 17.1 Å². The molecule has 1 aromatic heterocycles. The molecule has 8 nitrogen and oxygen atoms in total. The summed E-state index contributed by atoms with van der Waals surface area (Å²) in [5.74, 6) is 0.141. The molecule has 1 N–H and O–H groups in total. The number of carbonyl (C=O) groups is 1. The van der Waals surface area contributed by atoms with Crippen LogP contribution >= 0.6 is 0 Å². The predicted octanol–water partition coefficient (Wildman–Crippen LogP) is 3.25. The fourth-order valence-corrected chi connectivity index (χ4v) is 3.84. The molecule has 2 aliphatic rings. The lowest BCUT2D eigenvalue weighted by atomic mass is 9.79. The Morgan fingerprint density at radius 1 is 1.21 bits per heavy atom. The van der Waals surface area contributed by atoms with Gasteiger partial charge in [0.25, 0.3) is 0 Å². The van der Waals surface area contributed by atoms with Crippen LogP contribution in [0.15, 0.2) is 27.4 Å². The predicted molar refractivity (Wildman–Crippen MR) is 97.4 cm³/mol. The van der Waals surface area contributed by atoms with Crippen molar-refractivity contribution in [1.29, 1.82) is 0 Å². The van der Waals surface area contributed by atoms with Crippen LogP contribution in [0.2, 0.25) is 0 Å². The topological polar surface area (TPSA) is 104 Å². The average Bonchev–Trinajstić information content (AvgIpc) is 3.04. The van der Waals surface area contributed by atoms with E-state index in [1.54, 1.807) is 19.1 Å². The fraction of sp³-hybridized carbons (Fsp3) is 0.500. The van der Waals surface area contributed by atoms with Gasteiger partial charge in [-0.2, -0.15) is 0 Å². The van der Waals surface area contributed by atoms with Gasteiger partial charge in [0.1, 0.15) is 17.1 Å². The van der Waals surface area contributed by atoms with Crippen molar-refractivity contribution in [3.05, 3.63) is 34.2 Å². The zero-order valence-electron chi connectivity index (χ0n) is 16.1. The molecule has 2 aromatic rings. The number of aryl methyl sites for hydroxylation is 1. The van der Waals surface area contributed by atoms with Crippen LogP contribution in [0.4, 0.5) is 4.79 Å². The molecule has 2 aliphatic heterocycles. The van der Waals surface area contributed by atoms with E-state index in [0.717, 1.165) is 6.07 Å². The monoisotopic (exact) mass is 390 g/mol. The summed E-state index contributed by atoms with van der Waals surface area (Å²) in [5, 5.41) is 10.4. The molecule has 0 saturated carbocycles. The molecule has 0 amide bonds. The third-order valence-corrected chi connectivity index (χ3v) is 5.93. The normalized spacial score (nSPS) is 31.9. The minimum absolute atomic E-state index is 0.0820. The second-order valence-electron chi connectivity index (χ2n) is 7.49. The summed E-state index contributed by atoms with van der Waals surface area (Å²) in [6.07, 6.45) is -2.15. The highest BCUT2D eigenvalue weighted by Gasteiger charge is 2.57. The molecule has 4 rings (SSSR count). The first-order valence-corrected chi connectivity index (χ1v) is 9.21. The Kier molecular flexibility index (Phi) is 4.26. The summed E-state index contributed by atoms with van der Waals surface area (Å²) in [4.78, 5) is 23.4. The van der Waals surface area contributed by atoms with E-state index in [2.05, 4.69) is 0 Å². The minimum Gasteiger partial charge on any atom is -0.507 e. The third kappa shape index (κ3) is 2.79. The summed E-state index contributed by atoms with van der Waals surface area (Å²) in [6, 6.07) is 4.25. The number of rotatable bonds is 3. The molecular formula is C20H22O8. The maximum absolute atomic E-state index is 11.7. The quantitative estimate of drug-likeness (QED) is 0.629. The molecule has 150 valence electrons. The van der Waals surface area contributed by atoms with Crippen molar-refractivity contribution in [2.45, 2.75) is 58.2 Å². The van der Waals surface area contributed by atoms with Gasteiger partial charge in [-0.3, -0.25) is 0 Å². The van der Waals surface area contributed by atoms with E-state index in [1.807, 2.05) is 20.8 Å². The highest BCUT2D eigenvalue weighted by atomic mass is 16.8. The van der Waals surface area contributed by atoms with E-state index < -0.39 is 35.9 Å². The maximum atomic E-state index is 11.7. The Hall–Kier alpha value is -2.74. The fourth-order valence-electron chi connectivity index (χ4n) is 3.84. The number of hydrogen-bond acceptors (Lipinski definition) is 8. The lowest BCUT2D eigenvalue weighted by molar-refractivity contribution is -0.267. The smallest absolute Gasteiger partial charge is 0.507 e. The molecule has 5 unspecified atom stereocenters. The van der Waals surface area contributed by atoms with Crippen molar-refractivity contribution in [1.82, 2.24) is 0 Å². The zero-order chi connectivity index (χ0) is 20.2. The summed E-state index contributed by atoms with van der Waals surface area (Å²) in [5.41, 5.74) is -0.492. The second kappa shape index (κ2) is 6.41. The Morgan fingerprint density at radius 3 is 2.64 bits per heavy atom. The van der Waals surface area contributed by atoms with Gasteiger partial charge in [-0.1, -0.05) is 13.8 Å². The zero-order valence-corrected chi connectivity index (χ0v) is 16.1. The van der Waals surface area contributed by atoms with Crippen molar-refractivity contribution in [3.63, 3.8) is 0 Å². The van der Waals surface area contributed by atoms with Gasteiger partial charge in [0.2, 0.25) is 12.4 Å². The van der Waals surface area contributed by atoms with E-state index in [4.69, 9.17) is 23.4 Å². The van der Waals surface area contributed by atoms with E-state index >= 15 is 0 Å². The Balaban J connectivity index is 1.72. The van der Waals surface area contributed by atoms with Gasteiger partial charge in [-0.15, -0.1) is 0 Å². The van der Waals surface area contributed by atoms with Crippen LogP contribution in [0, 0.1) is 12.8 Å². The highest BCUT2D eigenvalue weighted by molar-refractivity contribution is 5.87. The van der Waals surface area contributed by atoms with Crippen LogP contribution in [-0.2, 0) is 14.2 Å². The molecular weight excluding hydrogens is 368 g/mol. The Bertz CT molecular complexity index is 996.